The lowest BCUT2D eigenvalue weighted by Crippen LogP contribution is -2.11. The Balaban J connectivity index is 0.883. The highest BCUT2D eigenvalue weighted by Crippen LogP contribution is 2.52. The highest BCUT2D eigenvalue weighted by molar-refractivity contribution is 6.37. The maximum atomic E-state index is 7.46. The molecule has 3 aromatic heterocycles. The van der Waals surface area contributed by atoms with E-state index in [0.717, 1.165) is 126 Å². The van der Waals surface area contributed by atoms with Crippen LogP contribution in [0.3, 0.4) is 0 Å². The summed E-state index contributed by atoms with van der Waals surface area (Å²) >= 11 is 0. The van der Waals surface area contributed by atoms with Crippen molar-refractivity contribution in [3.8, 4) is 39.3 Å². The maximum absolute atomic E-state index is 7.46. The van der Waals surface area contributed by atoms with Crippen molar-refractivity contribution in [2.45, 2.75) is 0 Å². The molecule has 0 fully saturated rings. The number of hydrogen-bond acceptors (Lipinski definition) is 4. The van der Waals surface area contributed by atoms with Crippen molar-refractivity contribution in [2.75, 3.05) is 4.90 Å². The van der Waals surface area contributed by atoms with Crippen LogP contribution in [0.15, 0.2) is 308 Å². The normalized spacial score (nSPS) is 12.0. The first-order valence-electron chi connectivity index (χ1n) is 30.4. The number of benzene rings is 16. The molecule has 0 spiro atoms. The minimum absolute atomic E-state index is 0.581. The van der Waals surface area contributed by atoms with Crippen molar-refractivity contribution < 1.29 is 4.42 Å². The zero-order valence-corrected chi connectivity index (χ0v) is 48.1. The molecule has 0 saturated carbocycles. The van der Waals surface area contributed by atoms with E-state index >= 15 is 0 Å². The Hall–Kier alpha value is -11.9. The summed E-state index contributed by atoms with van der Waals surface area (Å²) in [5.74, 6) is 0.581. The SMILES string of the molecule is c1ccc(-c2cccc(-c3cccc(N(c4ccc5ccccc5c4)c4c5ccccc5c(-c5ccc6c(c5)c5c7ccccc7c7c8cc9c%10ccccc%10c%10ccccc%10c9cc8oc7c5n6-c5ncc6ccccc6n5)c5ccccc45)c3)c2)cc1. The van der Waals surface area contributed by atoms with Crippen molar-refractivity contribution in [1.82, 2.24) is 14.5 Å². The van der Waals surface area contributed by atoms with Crippen molar-refractivity contribution >= 4 is 147 Å². The number of nitrogens with zero attached hydrogens (tertiary/aromatic N) is 4. The third-order valence-electron chi connectivity index (χ3n) is 18.7. The van der Waals surface area contributed by atoms with Gasteiger partial charge in [-0.1, -0.05) is 237 Å². The van der Waals surface area contributed by atoms with E-state index in [-0.39, 0.29) is 0 Å². The Morgan fingerprint density at radius 1 is 0.315 bits per heavy atom. The van der Waals surface area contributed by atoms with Gasteiger partial charge in [-0.3, -0.25) is 4.57 Å². The van der Waals surface area contributed by atoms with Crippen LogP contribution in [0.1, 0.15) is 0 Å². The molecule has 0 aliphatic carbocycles. The van der Waals surface area contributed by atoms with Crippen molar-refractivity contribution in [3.63, 3.8) is 0 Å². The average Bonchev–Trinajstić information content (AvgIpc) is 1.64. The third-order valence-corrected chi connectivity index (χ3v) is 18.7. The van der Waals surface area contributed by atoms with Crippen LogP contribution in [0.4, 0.5) is 17.1 Å². The molecule has 5 heteroatoms. The van der Waals surface area contributed by atoms with Gasteiger partial charge in [-0.15, -0.1) is 0 Å². The summed E-state index contributed by atoms with van der Waals surface area (Å²) in [6.07, 6.45) is 1.95. The Kier molecular flexibility index (Phi) is 10.7. The Morgan fingerprint density at radius 2 is 0.854 bits per heavy atom. The molecule has 19 aromatic rings. The molecule has 0 saturated heterocycles. The molecule has 0 radical (unpaired) electrons. The van der Waals surface area contributed by atoms with Crippen LogP contribution in [0, 0.1) is 0 Å². The van der Waals surface area contributed by atoms with Gasteiger partial charge in [0.2, 0.25) is 5.95 Å². The monoisotopic (exact) mass is 1130 g/mol. The first kappa shape index (κ1) is 49.4. The van der Waals surface area contributed by atoms with Crippen LogP contribution in [0.5, 0.6) is 0 Å². The van der Waals surface area contributed by atoms with Gasteiger partial charge in [-0.25, -0.2) is 9.97 Å². The van der Waals surface area contributed by atoms with Crippen LogP contribution >= 0.6 is 0 Å². The van der Waals surface area contributed by atoms with Gasteiger partial charge in [0, 0.05) is 55.3 Å². The average molecular weight is 1130 g/mol. The number of rotatable bonds is 7. The molecule has 0 amide bonds. The largest absolute Gasteiger partial charge is 0.454 e. The number of aromatic nitrogens is 3. The van der Waals surface area contributed by atoms with Gasteiger partial charge in [-0.2, -0.15) is 0 Å². The van der Waals surface area contributed by atoms with Gasteiger partial charge >= 0.3 is 0 Å². The van der Waals surface area contributed by atoms with Gasteiger partial charge < -0.3 is 9.32 Å². The standard InChI is InChI=1S/C84H50N4O/c1-2-20-51(21-3-1)53-25-18-26-54(44-53)56-27-19-28-59(46-56)87(60-42-40-52-22-4-5-23-55(52)45-60)81-69-37-15-13-35-67(69)78(68-36-14-16-38-70(68)81)57-41-43-76-73(47-57)79-65-33-11-12-34-66(65)80-74-48-71-63-31-9-7-29-61(63)62-30-8-10-32-64(62)72(71)49-77(74)89-83(80)82(79)88(76)84-85-50-58-24-6-17-39-75(58)86-84/h1-50H. The second-order valence-corrected chi connectivity index (χ2v) is 23.5. The van der Waals surface area contributed by atoms with E-state index in [1.54, 1.807) is 0 Å². The van der Waals surface area contributed by atoms with Gasteiger partial charge in [0.1, 0.15) is 11.1 Å². The lowest BCUT2D eigenvalue weighted by Gasteiger charge is -2.30. The molecule has 89 heavy (non-hydrogen) atoms. The quantitative estimate of drug-likeness (QED) is 0.118. The Labute approximate surface area is 510 Å². The number of hydrogen-bond donors (Lipinski definition) is 0. The predicted molar refractivity (Wildman–Crippen MR) is 375 cm³/mol. The van der Waals surface area contributed by atoms with Crippen molar-refractivity contribution in [1.29, 1.82) is 0 Å². The molecule has 3 heterocycles. The molecular formula is C84H50N4O. The summed E-state index contributed by atoms with van der Waals surface area (Å²) in [7, 11) is 0. The second-order valence-electron chi connectivity index (χ2n) is 23.5. The number of fused-ring (bicyclic) bond motifs is 20. The van der Waals surface area contributed by atoms with E-state index in [1.165, 1.54) is 54.2 Å². The number of anilines is 3. The lowest BCUT2D eigenvalue weighted by molar-refractivity contribution is 0.671. The topological polar surface area (TPSA) is 47.1 Å². The summed E-state index contributed by atoms with van der Waals surface area (Å²) in [4.78, 5) is 13.1. The highest BCUT2D eigenvalue weighted by atomic mass is 16.3. The van der Waals surface area contributed by atoms with E-state index in [9.17, 15) is 0 Å². The fourth-order valence-corrected chi connectivity index (χ4v) is 14.8. The van der Waals surface area contributed by atoms with Crippen LogP contribution in [-0.4, -0.2) is 14.5 Å². The molecule has 412 valence electrons. The molecule has 16 aromatic carbocycles. The van der Waals surface area contributed by atoms with E-state index < -0.39 is 0 Å². The second kappa shape index (κ2) is 19.3. The van der Waals surface area contributed by atoms with Crippen LogP contribution in [0.2, 0.25) is 0 Å². The minimum Gasteiger partial charge on any atom is -0.454 e. The molecule has 0 aliphatic heterocycles. The third kappa shape index (κ3) is 7.49. The lowest BCUT2D eigenvalue weighted by atomic mass is 9.89. The van der Waals surface area contributed by atoms with Gasteiger partial charge in [0.25, 0.3) is 0 Å². The number of para-hydroxylation sites is 1. The van der Waals surface area contributed by atoms with Crippen molar-refractivity contribution in [2.24, 2.45) is 0 Å². The molecule has 5 nitrogen and oxygen atoms in total. The molecule has 19 rings (SSSR count). The summed E-state index contributed by atoms with van der Waals surface area (Å²) < 4.78 is 9.72. The summed E-state index contributed by atoms with van der Waals surface area (Å²) in [5, 5.41) is 21.8. The summed E-state index contributed by atoms with van der Waals surface area (Å²) in [6.45, 7) is 0. The first-order valence-corrected chi connectivity index (χ1v) is 30.4. The van der Waals surface area contributed by atoms with Crippen LogP contribution in [0.25, 0.3) is 169 Å². The smallest absolute Gasteiger partial charge is 0.235 e. The molecule has 0 bridgehead atoms. The van der Waals surface area contributed by atoms with E-state index in [0.29, 0.717) is 5.95 Å². The van der Waals surface area contributed by atoms with Crippen LogP contribution in [-0.2, 0) is 0 Å². The van der Waals surface area contributed by atoms with Gasteiger partial charge in [0.05, 0.1) is 16.7 Å². The Morgan fingerprint density at radius 3 is 1.57 bits per heavy atom. The van der Waals surface area contributed by atoms with E-state index in [1.807, 2.05) is 18.3 Å². The zero-order valence-electron chi connectivity index (χ0n) is 48.1. The molecular weight excluding hydrogens is 1080 g/mol. The molecule has 0 atom stereocenters. The van der Waals surface area contributed by atoms with E-state index in [2.05, 4.69) is 295 Å². The summed E-state index contributed by atoms with van der Waals surface area (Å²) in [6, 6.07) is 108. The molecule has 0 unspecified atom stereocenters. The first-order chi connectivity index (χ1) is 44.1. The maximum Gasteiger partial charge on any atom is 0.235 e. The highest BCUT2D eigenvalue weighted by Gasteiger charge is 2.28. The number of furan rings is 1. The Bertz CT molecular complexity index is 6140. The fraction of sp³-hybridized carbons (Fsp3) is 0. The van der Waals surface area contributed by atoms with Gasteiger partial charge in [0.15, 0.2) is 5.58 Å². The zero-order chi connectivity index (χ0) is 58.3. The molecule has 0 aliphatic rings. The van der Waals surface area contributed by atoms with Crippen molar-refractivity contribution in [3.05, 3.63) is 303 Å². The minimum atomic E-state index is 0.581. The van der Waals surface area contributed by atoms with Crippen LogP contribution < -0.4 is 4.90 Å². The molecule has 0 N–H and O–H groups in total. The summed E-state index contributed by atoms with van der Waals surface area (Å²) in [5.41, 5.74) is 14.6. The fourth-order valence-electron chi connectivity index (χ4n) is 14.8. The van der Waals surface area contributed by atoms with Gasteiger partial charge in [-0.05, 0) is 159 Å². The van der Waals surface area contributed by atoms with E-state index in [4.69, 9.17) is 14.4 Å². The predicted octanol–water partition coefficient (Wildman–Crippen LogP) is 23.2.